The van der Waals surface area contributed by atoms with Gasteiger partial charge in [0.1, 0.15) is 0 Å². The minimum absolute atomic E-state index is 0.582. The van der Waals surface area contributed by atoms with Crippen molar-refractivity contribution in [3.8, 4) is 0 Å². The highest BCUT2D eigenvalue weighted by Gasteiger charge is 2.47. The molecule has 0 aromatic heterocycles. The molecule has 0 amide bonds. The third-order valence-corrected chi connectivity index (χ3v) is 3.88. The standard InChI is InChI=1S/C10H19N.C2H4/c1-8-7-10(3)5-4-6-11(10)9(8)2;1-2/h8-9H,4-7H2,1-3H3;1-2H2. The van der Waals surface area contributed by atoms with Crippen LogP contribution in [0.25, 0.3) is 0 Å². The third-order valence-electron chi connectivity index (χ3n) is 3.88. The number of rotatable bonds is 0. The van der Waals surface area contributed by atoms with E-state index < -0.39 is 0 Å². The van der Waals surface area contributed by atoms with Gasteiger partial charge in [-0.1, -0.05) is 6.92 Å². The lowest BCUT2D eigenvalue weighted by Crippen LogP contribution is -2.38. The van der Waals surface area contributed by atoms with Crippen molar-refractivity contribution in [2.75, 3.05) is 6.54 Å². The molecule has 0 spiro atoms. The van der Waals surface area contributed by atoms with Gasteiger partial charge >= 0.3 is 0 Å². The maximum atomic E-state index is 3.00. The molecule has 2 saturated heterocycles. The maximum absolute atomic E-state index is 3.00. The van der Waals surface area contributed by atoms with E-state index in [1.54, 1.807) is 0 Å². The van der Waals surface area contributed by atoms with Gasteiger partial charge in [0.05, 0.1) is 0 Å². The van der Waals surface area contributed by atoms with Gasteiger partial charge in [0.15, 0.2) is 0 Å². The Morgan fingerprint density at radius 3 is 2.46 bits per heavy atom. The normalized spacial score (nSPS) is 43.9. The van der Waals surface area contributed by atoms with E-state index in [9.17, 15) is 0 Å². The SMILES string of the molecule is C=C.CC1CC2(C)CCCN2C1C. The van der Waals surface area contributed by atoms with E-state index in [0.717, 1.165) is 12.0 Å². The maximum Gasteiger partial charge on any atom is 0.0187 e. The number of nitrogens with zero attached hydrogens (tertiary/aromatic N) is 1. The van der Waals surface area contributed by atoms with Crippen molar-refractivity contribution >= 4 is 0 Å². The van der Waals surface area contributed by atoms with Crippen molar-refractivity contribution in [2.45, 2.75) is 51.6 Å². The molecule has 3 atom stereocenters. The summed E-state index contributed by atoms with van der Waals surface area (Å²) in [5.41, 5.74) is 0.582. The molecule has 3 unspecified atom stereocenters. The molecule has 2 heterocycles. The zero-order chi connectivity index (χ0) is 10.1. The molecule has 1 nitrogen and oxygen atoms in total. The second-order valence-corrected chi connectivity index (χ2v) is 4.72. The Hall–Kier alpha value is -0.300. The molecule has 2 aliphatic heterocycles. The van der Waals surface area contributed by atoms with Gasteiger partial charge in [0.25, 0.3) is 0 Å². The van der Waals surface area contributed by atoms with Crippen LogP contribution in [0.2, 0.25) is 0 Å². The van der Waals surface area contributed by atoms with Gasteiger partial charge < -0.3 is 0 Å². The van der Waals surface area contributed by atoms with Gasteiger partial charge in [-0.2, -0.15) is 0 Å². The summed E-state index contributed by atoms with van der Waals surface area (Å²) < 4.78 is 0. The first-order valence-electron chi connectivity index (χ1n) is 5.40. The van der Waals surface area contributed by atoms with E-state index in [0.29, 0.717) is 5.54 Å². The molecule has 13 heavy (non-hydrogen) atoms. The average molecular weight is 181 g/mol. The average Bonchev–Trinajstić information content (AvgIpc) is 2.56. The summed E-state index contributed by atoms with van der Waals surface area (Å²) >= 11 is 0. The highest BCUT2D eigenvalue weighted by molar-refractivity contribution is 5.02. The Morgan fingerprint density at radius 1 is 1.31 bits per heavy atom. The number of fused-ring (bicyclic) bond motifs is 1. The topological polar surface area (TPSA) is 3.24 Å². The highest BCUT2D eigenvalue weighted by Crippen LogP contribution is 2.44. The molecule has 0 aliphatic carbocycles. The van der Waals surface area contributed by atoms with E-state index in [2.05, 4.69) is 38.8 Å². The third kappa shape index (κ3) is 1.67. The largest absolute Gasteiger partial charge is 0.295 e. The minimum atomic E-state index is 0.582. The fourth-order valence-electron chi connectivity index (χ4n) is 3.13. The Kier molecular flexibility index (Phi) is 3.18. The van der Waals surface area contributed by atoms with Crippen molar-refractivity contribution in [1.82, 2.24) is 4.90 Å². The predicted octanol–water partition coefficient (Wildman–Crippen LogP) is 3.07. The van der Waals surface area contributed by atoms with Crippen LogP contribution in [0.15, 0.2) is 13.2 Å². The highest BCUT2D eigenvalue weighted by atomic mass is 15.3. The Balaban J connectivity index is 0.000000396. The van der Waals surface area contributed by atoms with Crippen LogP contribution >= 0.6 is 0 Å². The second-order valence-electron chi connectivity index (χ2n) is 4.72. The quantitative estimate of drug-likeness (QED) is 0.519. The van der Waals surface area contributed by atoms with Gasteiger partial charge in [-0.05, 0) is 45.6 Å². The molecular weight excluding hydrogens is 158 g/mol. The lowest BCUT2D eigenvalue weighted by Gasteiger charge is -2.29. The lowest BCUT2D eigenvalue weighted by molar-refractivity contribution is 0.172. The van der Waals surface area contributed by atoms with Crippen LogP contribution in [0, 0.1) is 5.92 Å². The van der Waals surface area contributed by atoms with Crippen molar-refractivity contribution < 1.29 is 0 Å². The summed E-state index contributed by atoms with van der Waals surface area (Å²) in [7, 11) is 0. The Morgan fingerprint density at radius 2 is 1.92 bits per heavy atom. The fraction of sp³-hybridized carbons (Fsp3) is 0.833. The molecule has 0 aromatic carbocycles. The molecule has 76 valence electrons. The molecule has 0 N–H and O–H groups in total. The lowest BCUT2D eigenvalue weighted by atomic mass is 9.92. The first-order valence-corrected chi connectivity index (χ1v) is 5.40. The molecule has 0 bridgehead atoms. The summed E-state index contributed by atoms with van der Waals surface area (Å²) in [6.07, 6.45) is 4.28. The van der Waals surface area contributed by atoms with Crippen molar-refractivity contribution in [2.24, 2.45) is 5.92 Å². The van der Waals surface area contributed by atoms with E-state index in [-0.39, 0.29) is 0 Å². The summed E-state index contributed by atoms with van der Waals surface area (Å²) in [5.74, 6) is 0.917. The first kappa shape index (κ1) is 10.8. The van der Waals surface area contributed by atoms with Crippen molar-refractivity contribution in [1.29, 1.82) is 0 Å². The summed E-state index contributed by atoms with van der Waals surface area (Å²) in [6, 6.07) is 0.836. The van der Waals surface area contributed by atoms with Crippen LogP contribution < -0.4 is 0 Å². The van der Waals surface area contributed by atoms with Crippen LogP contribution in [0.5, 0.6) is 0 Å². The Bertz CT molecular complexity index is 178. The predicted molar refractivity (Wildman–Crippen MR) is 58.8 cm³/mol. The van der Waals surface area contributed by atoms with Crippen LogP contribution in [0.4, 0.5) is 0 Å². The molecule has 0 saturated carbocycles. The van der Waals surface area contributed by atoms with Crippen LogP contribution in [-0.2, 0) is 0 Å². The molecule has 1 heteroatoms. The molecule has 0 radical (unpaired) electrons. The van der Waals surface area contributed by atoms with E-state index in [1.807, 2.05) is 0 Å². The molecular formula is C12H23N. The number of hydrogen-bond acceptors (Lipinski definition) is 1. The van der Waals surface area contributed by atoms with Gasteiger partial charge in [-0.3, -0.25) is 4.90 Å². The zero-order valence-electron chi connectivity index (χ0n) is 9.34. The van der Waals surface area contributed by atoms with E-state index in [4.69, 9.17) is 0 Å². The van der Waals surface area contributed by atoms with Gasteiger partial charge in [-0.25, -0.2) is 0 Å². The van der Waals surface area contributed by atoms with E-state index in [1.165, 1.54) is 25.8 Å². The summed E-state index contributed by atoms with van der Waals surface area (Å²) in [5, 5.41) is 0. The van der Waals surface area contributed by atoms with E-state index >= 15 is 0 Å². The molecule has 2 fully saturated rings. The summed E-state index contributed by atoms with van der Waals surface area (Å²) in [6.45, 7) is 14.6. The van der Waals surface area contributed by atoms with Crippen molar-refractivity contribution in [3.05, 3.63) is 13.2 Å². The van der Waals surface area contributed by atoms with Crippen molar-refractivity contribution in [3.63, 3.8) is 0 Å². The second kappa shape index (κ2) is 3.83. The molecule has 2 aliphatic rings. The molecule has 0 aromatic rings. The van der Waals surface area contributed by atoms with Crippen LogP contribution in [-0.4, -0.2) is 23.0 Å². The van der Waals surface area contributed by atoms with Crippen LogP contribution in [0.3, 0.4) is 0 Å². The smallest absolute Gasteiger partial charge is 0.0187 e. The minimum Gasteiger partial charge on any atom is -0.295 e. The monoisotopic (exact) mass is 181 g/mol. The van der Waals surface area contributed by atoms with Gasteiger partial charge in [0, 0.05) is 11.6 Å². The molecule has 2 rings (SSSR count). The van der Waals surface area contributed by atoms with Gasteiger partial charge in [0.2, 0.25) is 0 Å². The zero-order valence-corrected chi connectivity index (χ0v) is 9.34. The Labute approximate surface area is 82.8 Å². The fourth-order valence-corrected chi connectivity index (χ4v) is 3.13. The first-order chi connectivity index (χ1) is 6.13. The van der Waals surface area contributed by atoms with Gasteiger partial charge in [-0.15, -0.1) is 13.2 Å². The number of hydrogen-bond donors (Lipinski definition) is 0. The van der Waals surface area contributed by atoms with Crippen LogP contribution in [0.1, 0.15) is 40.0 Å². The summed E-state index contributed by atoms with van der Waals surface area (Å²) in [4.78, 5) is 2.72.